The van der Waals surface area contributed by atoms with E-state index in [-0.39, 0.29) is 29.6 Å². The van der Waals surface area contributed by atoms with Gasteiger partial charge in [0.25, 0.3) is 0 Å². The molecule has 0 bridgehead atoms. The Hall–Kier alpha value is -1.54. The number of nitrogens with zero attached hydrogens (tertiary/aromatic N) is 1. The van der Waals surface area contributed by atoms with Gasteiger partial charge in [-0.1, -0.05) is 43.0 Å². The zero-order valence-corrected chi connectivity index (χ0v) is 17.3. The average Bonchev–Trinajstić information content (AvgIpc) is 3.34. The molecule has 2 fully saturated rings. The van der Waals surface area contributed by atoms with Crippen LogP contribution in [0, 0.1) is 5.92 Å². The van der Waals surface area contributed by atoms with Crippen molar-refractivity contribution in [2.24, 2.45) is 10.9 Å². The molecule has 7 heteroatoms. The Balaban J connectivity index is 1.53. The molecular formula is C21H28N2O4S. The number of benzene rings is 1. The van der Waals surface area contributed by atoms with Crippen LogP contribution < -0.4 is 10.1 Å². The summed E-state index contributed by atoms with van der Waals surface area (Å²) in [6.07, 6.45) is 4.94. The van der Waals surface area contributed by atoms with Gasteiger partial charge in [0.2, 0.25) is 0 Å². The van der Waals surface area contributed by atoms with Crippen LogP contribution in [0.4, 0.5) is 0 Å². The minimum atomic E-state index is -0.862. The highest BCUT2D eigenvalue weighted by molar-refractivity contribution is 8.14. The first-order valence-corrected chi connectivity index (χ1v) is 10.6. The van der Waals surface area contributed by atoms with E-state index < -0.39 is 5.60 Å². The van der Waals surface area contributed by atoms with Gasteiger partial charge in [0.15, 0.2) is 5.17 Å². The molecule has 0 saturated carbocycles. The Kier molecular flexibility index (Phi) is 5.69. The normalized spacial score (nSPS) is 35.0. The Morgan fingerprint density at radius 2 is 2.00 bits per heavy atom. The largest absolute Gasteiger partial charge is 0.497 e. The summed E-state index contributed by atoms with van der Waals surface area (Å²) in [6, 6.07) is 7.92. The van der Waals surface area contributed by atoms with E-state index in [1.165, 1.54) is 0 Å². The van der Waals surface area contributed by atoms with Crippen LogP contribution in [0.25, 0.3) is 0 Å². The molecule has 2 heterocycles. The van der Waals surface area contributed by atoms with Crippen molar-refractivity contribution in [2.75, 3.05) is 14.2 Å². The maximum absolute atomic E-state index is 11.2. The van der Waals surface area contributed by atoms with Gasteiger partial charge in [-0.05, 0) is 30.5 Å². The van der Waals surface area contributed by atoms with Crippen molar-refractivity contribution < 1.29 is 19.3 Å². The van der Waals surface area contributed by atoms with Gasteiger partial charge < -0.3 is 24.6 Å². The number of hydrogen-bond donors (Lipinski definition) is 2. The van der Waals surface area contributed by atoms with Crippen LogP contribution in [0.1, 0.15) is 25.3 Å². The number of fused-ring (bicyclic) bond motifs is 1. The number of nitrogens with one attached hydrogen (secondary N) is 1. The van der Waals surface area contributed by atoms with Crippen molar-refractivity contribution in [1.29, 1.82) is 0 Å². The topological polar surface area (TPSA) is 72.3 Å². The quantitative estimate of drug-likeness (QED) is 0.736. The first kappa shape index (κ1) is 19.8. The Bertz CT molecular complexity index is 743. The molecule has 0 radical (unpaired) electrons. The summed E-state index contributed by atoms with van der Waals surface area (Å²) in [4.78, 5) is 4.29. The number of amidine groups is 1. The molecule has 3 aliphatic rings. The molecule has 0 aromatic heterocycles. The fraction of sp³-hybridized carbons (Fsp3) is 0.571. The van der Waals surface area contributed by atoms with Crippen LogP contribution in [0.2, 0.25) is 0 Å². The maximum Gasteiger partial charge on any atom is 0.159 e. The molecule has 2 saturated heterocycles. The fourth-order valence-corrected chi connectivity index (χ4v) is 5.41. The third-order valence-electron chi connectivity index (χ3n) is 5.89. The zero-order chi connectivity index (χ0) is 19.7. The van der Waals surface area contributed by atoms with Crippen LogP contribution >= 0.6 is 11.8 Å². The molecule has 4 rings (SSSR count). The zero-order valence-electron chi connectivity index (χ0n) is 16.5. The lowest BCUT2D eigenvalue weighted by molar-refractivity contribution is -0.201. The summed E-state index contributed by atoms with van der Waals surface area (Å²) in [5.74, 6) is 0.866. The molecule has 5 atom stereocenters. The SMILES string of the molecule is CN=C1N[C@@H]2[C@@H](OCc3ccc(OC)cc3)[C@H](C)[C@@H](C3(O)CC=CC3)O[C@@H]2S1. The first-order chi connectivity index (χ1) is 13.5. The van der Waals surface area contributed by atoms with E-state index >= 15 is 0 Å². The van der Waals surface area contributed by atoms with E-state index in [9.17, 15) is 5.11 Å². The van der Waals surface area contributed by atoms with Gasteiger partial charge in [0.1, 0.15) is 11.2 Å². The smallest absolute Gasteiger partial charge is 0.159 e. The Labute approximate surface area is 170 Å². The number of rotatable bonds is 5. The van der Waals surface area contributed by atoms with E-state index in [4.69, 9.17) is 14.2 Å². The number of aliphatic imine (C=N–C) groups is 1. The minimum absolute atomic E-state index is 0.00570. The number of aliphatic hydroxyl groups is 1. The molecule has 28 heavy (non-hydrogen) atoms. The third-order valence-corrected chi connectivity index (χ3v) is 7.05. The highest BCUT2D eigenvalue weighted by Gasteiger charge is 2.54. The highest BCUT2D eigenvalue weighted by Crippen LogP contribution is 2.44. The summed E-state index contributed by atoms with van der Waals surface area (Å²) in [6.45, 7) is 2.61. The standard InChI is InChI=1S/C21H28N2O4S/c1-13-17(26-12-14-6-8-15(25-3)9-7-14)16-19(28-20(22-2)23-16)27-18(13)21(24)10-4-5-11-21/h4-9,13,16-19,24H,10-12H2,1-3H3,(H,22,23)/t13-,16+,17-,18-,19+/m0/s1. The predicted molar refractivity (Wildman–Crippen MR) is 111 cm³/mol. The second-order valence-electron chi connectivity index (χ2n) is 7.71. The van der Waals surface area contributed by atoms with E-state index in [2.05, 4.69) is 17.2 Å². The molecule has 0 unspecified atom stereocenters. The number of ether oxygens (including phenoxy) is 3. The molecule has 0 spiro atoms. The molecule has 0 amide bonds. The van der Waals surface area contributed by atoms with E-state index in [1.807, 2.05) is 36.4 Å². The van der Waals surface area contributed by atoms with Gasteiger partial charge in [-0.2, -0.15) is 0 Å². The van der Waals surface area contributed by atoms with Crippen LogP contribution in [-0.4, -0.2) is 53.7 Å². The lowest BCUT2D eigenvalue weighted by Gasteiger charge is -2.47. The molecule has 2 N–H and O–H groups in total. The minimum Gasteiger partial charge on any atom is -0.497 e. The van der Waals surface area contributed by atoms with Crippen molar-refractivity contribution in [3.05, 3.63) is 42.0 Å². The lowest BCUT2D eigenvalue weighted by Crippen LogP contribution is -2.61. The molecule has 1 aromatic rings. The molecule has 6 nitrogen and oxygen atoms in total. The second kappa shape index (κ2) is 8.06. The van der Waals surface area contributed by atoms with Crippen molar-refractivity contribution in [2.45, 2.75) is 55.7 Å². The van der Waals surface area contributed by atoms with Crippen molar-refractivity contribution >= 4 is 16.9 Å². The maximum atomic E-state index is 11.2. The van der Waals surface area contributed by atoms with Gasteiger partial charge in [-0.25, -0.2) is 0 Å². The van der Waals surface area contributed by atoms with Crippen LogP contribution in [0.3, 0.4) is 0 Å². The van der Waals surface area contributed by atoms with Gasteiger partial charge >= 0.3 is 0 Å². The number of hydrogen-bond acceptors (Lipinski definition) is 6. The molecule has 152 valence electrons. The van der Waals surface area contributed by atoms with Gasteiger partial charge in [-0.3, -0.25) is 4.99 Å². The lowest BCUT2D eigenvalue weighted by atomic mass is 9.79. The van der Waals surface area contributed by atoms with E-state index in [1.54, 1.807) is 25.9 Å². The van der Waals surface area contributed by atoms with Crippen LogP contribution in [0.5, 0.6) is 5.75 Å². The van der Waals surface area contributed by atoms with Crippen molar-refractivity contribution in [1.82, 2.24) is 5.32 Å². The molecule has 1 aliphatic carbocycles. The summed E-state index contributed by atoms with van der Waals surface area (Å²) < 4.78 is 18.0. The summed E-state index contributed by atoms with van der Waals surface area (Å²) in [5.41, 5.74) is 0.105. The van der Waals surface area contributed by atoms with Crippen LogP contribution in [0.15, 0.2) is 41.4 Å². The fourth-order valence-electron chi connectivity index (χ4n) is 4.34. The second-order valence-corrected chi connectivity index (χ2v) is 8.79. The molecule has 1 aromatic carbocycles. The Morgan fingerprint density at radius 1 is 1.29 bits per heavy atom. The summed E-state index contributed by atoms with van der Waals surface area (Å²) in [5, 5.41) is 15.5. The van der Waals surface area contributed by atoms with E-state index in [0.717, 1.165) is 16.5 Å². The average molecular weight is 405 g/mol. The molecule has 2 aliphatic heterocycles. The van der Waals surface area contributed by atoms with E-state index in [0.29, 0.717) is 19.4 Å². The van der Waals surface area contributed by atoms with Gasteiger partial charge in [-0.15, -0.1) is 0 Å². The van der Waals surface area contributed by atoms with Gasteiger partial charge in [0, 0.05) is 13.0 Å². The summed E-state index contributed by atoms with van der Waals surface area (Å²) >= 11 is 1.58. The summed E-state index contributed by atoms with van der Waals surface area (Å²) in [7, 11) is 3.43. The number of methoxy groups -OCH3 is 1. The van der Waals surface area contributed by atoms with Crippen LogP contribution in [-0.2, 0) is 16.1 Å². The molecular weight excluding hydrogens is 376 g/mol. The number of thioether (sulfide) groups is 1. The first-order valence-electron chi connectivity index (χ1n) is 9.71. The predicted octanol–water partition coefficient (Wildman–Crippen LogP) is 2.71. The highest BCUT2D eigenvalue weighted by atomic mass is 32.2. The monoisotopic (exact) mass is 404 g/mol. The Morgan fingerprint density at radius 3 is 2.64 bits per heavy atom. The van der Waals surface area contributed by atoms with Crippen molar-refractivity contribution in [3.63, 3.8) is 0 Å². The van der Waals surface area contributed by atoms with Crippen molar-refractivity contribution in [3.8, 4) is 5.75 Å². The van der Waals surface area contributed by atoms with Gasteiger partial charge in [0.05, 0.1) is 37.6 Å². The third kappa shape index (κ3) is 3.68.